The molecule has 27 heavy (non-hydrogen) atoms. The molecular weight excluding hydrogens is 428 g/mol. The maximum Gasteiger partial charge on any atom is 0.245 e. The summed E-state index contributed by atoms with van der Waals surface area (Å²) in [5.74, 6) is 1.87. The first-order chi connectivity index (χ1) is 12.9. The van der Waals surface area contributed by atoms with Crippen molar-refractivity contribution in [1.82, 2.24) is 4.31 Å². The average molecular weight is 455 g/mol. The maximum atomic E-state index is 13.6. The number of rotatable bonds is 3. The zero-order chi connectivity index (χ0) is 19.0. The summed E-state index contributed by atoms with van der Waals surface area (Å²) in [5.41, 5.74) is 1.03. The van der Waals surface area contributed by atoms with Crippen LogP contribution in [0.5, 0.6) is 5.75 Å². The highest BCUT2D eigenvalue weighted by Crippen LogP contribution is 2.62. The Labute approximate surface area is 170 Å². The molecule has 0 saturated heterocycles. The number of anilines is 1. The number of hydrogen-bond donors (Lipinski definition) is 0. The third kappa shape index (κ3) is 2.53. The summed E-state index contributed by atoms with van der Waals surface area (Å²) in [6, 6.07) is 3.72. The Hall–Kier alpha value is -0.790. The van der Waals surface area contributed by atoms with Gasteiger partial charge < -0.3 is 9.64 Å². The van der Waals surface area contributed by atoms with E-state index in [1.54, 1.807) is 24.5 Å². The van der Waals surface area contributed by atoms with E-state index in [9.17, 15) is 8.42 Å². The minimum atomic E-state index is -3.56. The van der Waals surface area contributed by atoms with Gasteiger partial charge in [-0.05, 0) is 65.9 Å². The number of nitrogens with zero attached hydrogens (tertiary/aromatic N) is 2. The number of fused-ring (bicyclic) bond motifs is 1. The first kappa shape index (κ1) is 18.3. The van der Waals surface area contributed by atoms with E-state index in [-0.39, 0.29) is 11.6 Å². The standard InChI is InChI=1S/C20H27BrN2O3S/c1-22-17(14-5-3-4-6-14)12-23(20-9-13(10-20)11-20)16-7-15(21)18(26-2)8-19(16)27(22,24)25/h7-8,13-14,17H,3-6,9-12H2,1-2H3/t13?,17-,20?/m0/s1. The third-order valence-electron chi connectivity index (χ3n) is 7.54. The number of halogens is 1. The predicted octanol–water partition coefficient (Wildman–Crippen LogP) is 4.01. The Morgan fingerprint density at radius 2 is 1.85 bits per heavy atom. The Morgan fingerprint density at radius 3 is 2.41 bits per heavy atom. The quantitative estimate of drug-likeness (QED) is 0.691. The molecule has 0 spiro atoms. The first-order valence-electron chi connectivity index (χ1n) is 9.99. The molecule has 1 aromatic carbocycles. The van der Waals surface area contributed by atoms with Crippen molar-refractivity contribution in [1.29, 1.82) is 0 Å². The Balaban J connectivity index is 1.67. The van der Waals surface area contributed by atoms with Crippen LogP contribution in [0.25, 0.3) is 0 Å². The summed E-state index contributed by atoms with van der Waals surface area (Å²) in [6.45, 7) is 0.804. The minimum Gasteiger partial charge on any atom is -0.496 e. The third-order valence-corrected chi connectivity index (χ3v) is 10.1. The molecule has 4 aliphatic carbocycles. The summed E-state index contributed by atoms with van der Waals surface area (Å²) in [6.07, 6.45) is 8.32. The van der Waals surface area contributed by atoms with Crippen molar-refractivity contribution in [3.63, 3.8) is 0 Å². The van der Waals surface area contributed by atoms with Crippen molar-refractivity contribution >= 4 is 31.6 Å². The lowest BCUT2D eigenvalue weighted by atomic mass is 9.49. The van der Waals surface area contributed by atoms with Crippen molar-refractivity contribution < 1.29 is 13.2 Å². The molecule has 0 N–H and O–H groups in total. The van der Waals surface area contributed by atoms with Gasteiger partial charge in [0, 0.05) is 31.2 Å². The largest absolute Gasteiger partial charge is 0.496 e. The highest BCUT2D eigenvalue weighted by molar-refractivity contribution is 9.10. The van der Waals surface area contributed by atoms with Gasteiger partial charge in [-0.1, -0.05) is 12.8 Å². The van der Waals surface area contributed by atoms with Crippen molar-refractivity contribution in [2.24, 2.45) is 11.8 Å². The number of likely N-dealkylation sites (N-methyl/N-ethyl adjacent to an activating group) is 1. The van der Waals surface area contributed by atoms with Crippen molar-refractivity contribution in [3.05, 3.63) is 16.6 Å². The van der Waals surface area contributed by atoms with E-state index in [0.717, 1.165) is 35.5 Å². The molecule has 1 atom stereocenters. The van der Waals surface area contributed by atoms with E-state index < -0.39 is 10.0 Å². The molecule has 4 fully saturated rings. The molecule has 1 aromatic rings. The van der Waals surface area contributed by atoms with Gasteiger partial charge in [-0.3, -0.25) is 0 Å². The van der Waals surface area contributed by atoms with Crippen molar-refractivity contribution in [2.75, 3.05) is 25.6 Å². The molecule has 0 aromatic heterocycles. The second-order valence-electron chi connectivity index (χ2n) is 8.90. The Morgan fingerprint density at radius 1 is 1.19 bits per heavy atom. The molecule has 148 valence electrons. The number of hydrogen-bond acceptors (Lipinski definition) is 4. The van der Waals surface area contributed by atoms with Crippen LogP contribution < -0.4 is 9.64 Å². The second-order valence-corrected chi connectivity index (χ2v) is 11.7. The van der Waals surface area contributed by atoms with Gasteiger partial charge in [0.05, 0.1) is 17.3 Å². The van der Waals surface area contributed by atoms with Gasteiger partial charge in [0.2, 0.25) is 10.0 Å². The number of methoxy groups -OCH3 is 1. The average Bonchev–Trinajstić information content (AvgIpc) is 3.06. The molecule has 4 saturated carbocycles. The molecule has 2 bridgehead atoms. The van der Waals surface area contributed by atoms with Crippen LogP contribution in [0.15, 0.2) is 21.5 Å². The van der Waals surface area contributed by atoms with Crippen LogP contribution in [-0.4, -0.2) is 45.0 Å². The smallest absolute Gasteiger partial charge is 0.245 e. The SMILES string of the molecule is COc1cc2c(cc1Br)N(C13CC(C1)C3)C[C@@H](C1CCCC1)N(C)S2(=O)=O. The topological polar surface area (TPSA) is 49.9 Å². The fourth-order valence-electron chi connectivity index (χ4n) is 5.83. The highest BCUT2D eigenvalue weighted by Gasteiger charge is 2.61. The maximum absolute atomic E-state index is 13.6. The van der Waals surface area contributed by atoms with Crippen molar-refractivity contribution in [3.8, 4) is 5.75 Å². The molecule has 7 heteroatoms. The molecule has 0 radical (unpaired) electrons. The molecule has 0 unspecified atom stereocenters. The number of sulfonamides is 1. The van der Waals surface area contributed by atoms with Crippen LogP contribution in [0.1, 0.15) is 44.9 Å². The van der Waals surface area contributed by atoms with Crippen molar-refractivity contribution in [2.45, 2.75) is 61.4 Å². The van der Waals surface area contributed by atoms with Gasteiger partial charge in [-0.25, -0.2) is 8.42 Å². The van der Waals surface area contributed by atoms with Crippen LogP contribution in [0.4, 0.5) is 5.69 Å². The van der Waals surface area contributed by atoms with Gasteiger partial charge in [-0.2, -0.15) is 4.31 Å². The van der Waals surface area contributed by atoms with E-state index in [1.807, 2.05) is 6.07 Å². The van der Waals surface area contributed by atoms with E-state index >= 15 is 0 Å². The first-order valence-corrected chi connectivity index (χ1v) is 12.2. The van der Waals surface area contributed by atoms with E-state index in [0.29, 0.717) is 16.6 Å². The van der Waals surface area contributed by atoms with Crippen LogP contribution in [0.3, 0.4) is 0 Å². The van der Waals surface area contributed by atoms with Crippen LogP contribution >= 0.6 is 15.9 Å². The monoisotopic (exact) mass is 454 g/mol. The summed E-state index contributed by atoms with van der Waals surface area (Å²) < 4.78 is 35.1. The second kappa shape index (κ2) is 6.10. The summed E-state index contributed by atoms with van der Waals surface area (Å²) in [7, 11) is -0.199. The summed E-state index contributed by atoms with van der Waals surface area (Å²) in [4.78, 5) is 2.85. The lowest BCUT2D eigenvalue weighted by Gasteiger charge is -2.67. The Bertz CT molecular complexity index is 864. The number of benzene rings is 1. The zero-order valence-corrected chi connectivity index (χ0v) is 18.4. The molecule has 1 aliphatic heterocycles. The van der Waals surface area contributed by atoms with E-state index in [2.05, 4.69) is 20.8 Å². The van der Waals surface area contributed by atoms with Gasteiger partial charge in [-0.15, -0.1) is 0 Å². The van der Waals surface area contributed by atoms with E-state index in [1.165, 1.54) is 32.1 Å². The van der Waals surface area contributed by atoms with Gasteiger partial charge in [0.1, 0.15) is 10.6 Å². The zero-order valence-electron chi connectivity index (χ0n) is 15.9. The highest BCUT2D eigenvalue weighted by atomic mass is 79.9. The fourth-order valence-corrected chi connectivity index (χ4v) is 7.92. The normalized spacial score (nSPS) is 35.1. The molecule has 0 amide bonds. The molecule has 5 nitrogen and oxygen atoms in total. The van der Waals surface area contributed by atoms with Crippen LogP contribution in [0, 0.1) is 11.8 Å². The van der Waals surface area contributed by atoms with Gasteiger partial charge in [0.25, 0.3) is 0 Å². The molecule has 5 aliphatic rings. The van der Waals surface area contributed by atoms with Crippen LogP contribution in [-0.2, 0) is 10.0 Å². The van der Waals surface area contributed by atoms with Gasteiger partial charge >= 0.3 is 0 Å². The van der Waals surface area contributed by atoms with Crippen LogP contribution in [0.2, 0.25) is 0 Å². The lowest BCUT2D eigenvalue weighted by Crippen LogP contribution is -2.70. The Kier molecular flexibility index (Phi) is 4.12. The minimum absolute atomic E-state index is 0.0451. The molecule has 6 rings (SSSR count). The lowest BCUT2D eigenvalue weighted by molar-refractivity contribution is -0.0279. The predicted molar refractivity (Wildman–Crippen MR) is 109 cm³/mol. The molecule has 1 heterocycles. The summed E-state index contributed by atoms with van der Waals surface area (Å²) in [5, 5.41) is 0. The molecular formula is C20H27BrN2O3S. The fraction of sp³-hybridized carbons (Fsp3) is 0.700. The van der Waals surface area contributed by atoms with Gasteiger partial charge in [0.15, 0.2) is 0 Å². The van der Waals surface area contributed by atoms with E-state index in [4.69, 9.17) is 4.74 Å². The summed E-state index contributed by atoms with van der Waals surface area (Å²) >= 11 is 3.58. The number of ether oxygens (including phenoxy) is 1.